The van der Waals surface area contributed by atoms with E-state index in [4.69, 9.17) is 4.42 Å². The lowest BCUT2D eigenvalue weighted by molar-refractivity contribution is 0.468. The number of rotatable bonds is 0. The molecule has 1 aromatic carbocycles. The molecule has 1 aromatic heterocycles. The lowest BCUT2D eigenvalue weighted by atomic mass is 10.0. The van der Waals surface area contributed by atoms with Crippen LogP contribution in [0.1, 0.15) is 11.1 Å². The van der Waals surface area contributed by atoms with Crippen LogP contribution >= 0.6 is 0 Å². The van der Waals surface area contributed by atoms with Gasteiger partial charge in [-0.25, -0.2) is 4.79 Å². The summed E-state index contributed by atoms with van der Waals surface area (Å²) >= 11 is 0. The SMILES string of the molecule is Cc1c(O)cc2oc(=O)ccc2c1C. The second-order valence-electron chi connectivity index (χ2n) is 3.31. The average molecular weight is 190 g/mol. The van der Waals surface area contributed by atoms with Crippen LogP contribution in [0.4, 0.5) is 0 Å². The number of phenolic OH excluding ortho intramolecular Hbond substituents is 1. The van der Waals surface area contributed by atoms with Gasteiger partial charge in [-0.2, -0.15) is 0 Å². The van der Waals surface area contributed by atoms with Crippen molar-refractivity contribution < 1.29 is 9.52 Å². The molecule has 0 aliphatic heterocycles. The van der Waals surface area contributed by atoms with Gasteiger partial charge in [0.2, 0.25) is 0 Å². The van der Waals surface area contributed by atoms with Crippen LogP contribution in [0.3, 0.4) is 0 Å². The summed E-state index contributed by atoms with van der Waals surface area (Å²) < 4.78 is 4.96. The zero-order valence-electron chi connectivity index (χ0n) is 8.00. The highest BCUT2D eigenvalue weighted by Gasteiger charge is 2.07. The highest BCUT2D eigenvalue weighted by Crippen LogP contribution is 2.27. The van der Waals surface area contributed by atoms with Gasteiger partial charge in [0.05, 0.1) is 0 Å². The molecule has 0 spiro atoms. The van der Waals surface area contributed by atoms with Gasteiger partial charge in [-0.3, -0.25) is 0 Å². The van der Waals surface area contributed by atoms with E-state index in [9.17, 15) is 9.90 Å². The maximum Gasteiger partial charge on any atom is 0.336 e. The minimum atomic E-state index is -0.403. The Balaban J connectivity index is 2.98. The third-order valence-corrected chi connectivity index (χ3v) is 2.48. The second-order valence-corrected chi connectivity index (χ2v) is 3.31. The molecule has 0 saturated heterocycles. The second kappa shape index (κ2) is 2.87. The van der Waals surface area contributed by atoms with Gasteiger partial charge >= 0.3 is 5.63 Å². The standard InChI is InChI=1S/C11H10O3/c1-6-7(2)9(12)5-10-8(6)3-4-11(13)14-10/h3-5,12H,1-2H3. The smallest absolute Gasteiger partial charge is 0.336 e. The van der Waals surface area contributed by atoms with E-state index in [1.54, 1.807) is 6.07 Å². The van der Waals surface area contributed by atoms with E-state index in [1.807, 2.05) is 13.8 Å². The summed E-state index contributed by atoms with van der Waals surface area (Å²) in [5.41, 5.74) is 1.77. The van der Waals surface area contributed by atoms with E-state index in [1.165, 1.54) is 12.1 Å². The molecular weight excluding hydrogens is 180 g/mol. The molecule has 0 aliphatic carbocycles. The summed E-state index contributed by atoms with van der Waals surface area (Å²) in [4.78, 5) is 10.9. The van der Waals surface area contributed by atoms with Crippen LogP contribution < -0.4 is 5.63 Å². The van der Waals surface area contributed by atoms with Gasteiger partial charge in [-0.15, -0.1) is 0 Å². The highest BCUT2D eigenvalue weighted by molar-refractivity contribution is 5.83. The van der Waals surface area contributed by atoms with Crippen LogP contribution in [0.15, 0.2) is 27.4 Å². The molecule has 2 rings (SSSR count). The monoisotopic (exact) mass is 190 g/mol. The van der Waals surface area contributed by atoms with Crippen LogP contribution in [0, 0.1) is 13.8 Å². The van der Waals surface area contributed by atoms with Crippen molar-refractivity contribution in [3.63, 3.8) is 0 Å². The number of hydrogen-bond donors (Lipinski definition) is 1. The molecule has 0 bridgehead atoms. The number of aromatic hydroxyl groups is 1. The van der Waals surface area contributed by atoms with Crippen LogP contribution in [-0.4, -0.2) is 5.11 Å². The average Bonchev–Trinajstić information content (AvgIpc) is 2.14. The van der Waals surface area contributed by atoms with E-state index in [2.05, 4.69) is 0 Å². The number of benzene rings is 1. The summed E-state index contributed by atoms with van der Waals surface area (Å²) in [6.45, 7) is 3.71. The van der Waals surface area contributed by atoms with Gasteiger partial charge in [0.15, 0.2) is 0 Å². The zero-order chi connectivity index (χ0) is 10.3. The highest BCUT2D eigenvalue weighted by atomic mass is 16.4. The molecule has 0 radical (unpaired) electrons. The Morgan fingerprint density at radius 1 is 1.21 bits per heavy atom. The van der Waals surface area contributed by atoms with Crippen LogP contribution in [0.2, 0.25) is 0 Å². The molecule has 3 heteroatoms. The number of fused-ring (bicyclic) bond motifs is 1. The van der Waals surface area contributed by atoms with Crippen LogP contribution in [-0.2, 0) is 0 Å². The summed E-state index contributed by atoms with van der Waals surface area (Å²) in [5.74, 6) is 0.157. The van der Waals surface area contributed by atoms with E-state index in [0.717, 1.165) is 16.5 Å². The zero-order valence-corrected chi connectivity index (χ0v) is 8.00. The van der Waals surface area contributed by atoms with Crippen molar-refractivity contribution in [1.29, 1.82) is 0 Å². The first kappa shape index (κ1) is 8.81. The van der Waals surface area contributed by atoms with Gasteiger partial charge in [-0.1, -0.05) is 0 Å². The van der Waals surface area contributed by atoms with E-state index >= 15 is 0 Å². The topological polar surface area (TPSA) is 50.4 Å². The number of hydrogen-bond acceptors (Lipinski definition) is 3. The molecule has 14 heavy (non-hydrogen) atoms. The van der Waals surface area contributed by atoms with Crippen molar-refractivity contribution in [3.8, 4) is 5.75 Å². The Morgan fingerprint density at radius 2 is 1.93 bits per heavy atom. The van der Waals surface area contributed by atoms with Gasteiger partial charge in [-0.05, 0) is 31.0 Å². The minimum absolute atomic E-state index is 0.157. The third kappa shape index (κ3) is 1.18. The van der Waals surface area contributed by atoms with Crippen molar-refractivity contribution >= 4 is 11.0 Å². The van der Waals surface area contributed by atoms with Crippen LogP contribution in [0.5, 0.6) is 5.75 Å². The number of phenols is 1. The van der Waals surface area contributed by atoms with E-state index < -0.39 is 5.63 Å². The Kier molecular flexibility index (Phi) is 1.81. The van der Waals surface area contributed by atoms with Crippen molar-refractivity contribution in [2.24, 2.45) is 0 Å². The molecule has 1 heterocycles. The number of aryl methyl sites for hydroxylation is 1. The first-order valence-corrected chi connectivity index (χ1v) is 4.32. The molecule has 0 saturated carbocycles. The van der Waals surface area contributed by atoms with Gasteiger partial charge in [0.25, 0.3) is 0 Å². The Labute approximate surface area is 80.6 Å². The molecule has 0 fully saturated rings. The summed E-state index contributed by atoms with van der Waals surface area (Å²) in [5, 5.41) is 10.4. The van der Waals surface area contributed by atoms with E-state index in [-0.39, 0.29) is 5.75 Å². The first-order chi connectivity index (χ1) is 6.59. The largest absolute Gasteiger partial charge is 0.508 e. The predicted molar refractivity (Wildman–Crippen MR) is 53.6 cm³/mol. The molecule has 3 nitrogen and oxygen atoms in total. The Hall–Kier alpha value is -1.77. The predicted octanol–water partition coefficient (Wildman–Crippen LogP) is 2.12. The molecule has 0 atom stereocenters. The summed E-state index contributed by atoms with van der Waals surface area (Å²) in [6.07, 6.45) is 0. The van der Waals surface area contributed by atoms with Gasteiger partial charge < -0.3 is 9.52 Å². The van der Waals surface area contributed by atoms with Gasteiger partial charge in [0, 0.05) is 17.5 Å². The summed E-state index contributed by atoms with van der Waals surface area (Å²) in [6, 6.07) is 4.56. The Bertz CT molecular complexity index is 552. The fourth-order valence-electron chi connectivity index (χ4n) is 1.47. The molecular formula is C11H10O3. The third-order valence-electron chi connectivity index (χ3n) is 2.48. The minimum Gasteiger partial charge on any atom is -0.508 e. The van der Waals surface area contributed by atoms with Gasteiger partial charge in [0.1, 0.15) is 11.3 Å². The first-order valence-electron chi connectivity index (χ1n) is 4.32. The lowest BCUT2D eigenvalue weighted by Gasteiger charge is -2.06. The molecule has 0 unspecified atom stereocenters. The van der Waals surface area contributed by atoms with Crippen molar-refractivity contribution in [2.75, 3.05) is 0 Å². The molecule has 72 valence electrons. The molecule has 0 amide bonds. The maximum absolute atomic E-state index is 10.9. The molecule has 0 aliphatic rings. The maximum atomic E-state index is 10.9. The lowest BCUT2D eigenvalue weighted by Crippen LogP contribution is -1.96. The van der Waals surface area contributed by atoms with Crippen molar-refractivity contribution in [1.82, 2.24) is 0 Å². The van der Waals surface area contributed by atoms with E-state index in [0.29, 0.717) is 5.58 Å². The van der Waals surface area contributed by atoms with Crippen molar-refractivity contribution in [2.45, 2.75) is 13.8 Å². The normalized spacial score (nSPS) is 10.7. The quantitative estimate of drug-likeness (QED) is 0.647. The molecule has 2 aromatic rings. The molecule has 1 N–H and O–H groups in total. The summed E-state index contributed by atoms with van der Waals surface area (Å²) in [7, 11) is 0. The fourth-order valence-corrected chi connectivity index (χ4v) is 1.47. The fraction of sp³-hybridized carbons (Fsp3) is 0.182. The van der Waals surface area contributed by atoms with Crippen LogP contribution in [0.25, 0.3) is 11.0 Å². The van der Waals surface area contributed by atoms with Crippen molar-refractivity contribution in [3.05, 3.63) is 39.7 Å². The Morgan fingerprint density at radius 3 is 2.64 bits per heavy atom.